The Morgan fingerprint density at radius 2 is 1.42 bits per heavy atom. The van der Waals surface area contributed by atoms with E-state index in [0.717, 1.165) is 37.2 Å². The van der Waals surface area contributed by atoms with Crippen molar-refractivity contribution in [1.29, 1.82) is 0 Å². The predicted octanol–water partition coefficient (Wildman–Crippen LogP) is 4.08. The highest BCUT2D eigenvalue weighted by atomic mass is 16.2. The second kappa shape index (κ2) is 14.3. The lowest BCUT2D eigenvalue weighted by Crippen LogP contribution is -2.56. The third-order valence-electron chi connectivity index (χ3n) is 9.82. The summed E-state index contributed by atoms with van der Waals surface area (Å²) in [7, 11) is 0. The molecule has 0 spiro atoms. The molecular formula is C34H45N7O4. The van der Waals surface area contributed by atoms with Crippen molar-refractivity contribution in [3.05, 3.63) is 60.2 Å². The van der Waals surface area contributed by atoms with Gasteiger partial charge in [-0.1, -0.05) is 42.8 Å². The summed E-state index contributed by atoms with van der Waals surface area (Å²) in [5.74, 6) is -0.370. The van der Waals surface area contributed by atoms with E-state index in [1.807, 2.05) is 52.3 Å². The van der Waals surface area contributed by atoms with Gasteiger partial charge in [0.2, 0.25) is 11.8 Å². The number of nitrogens with one attached hydrogen (secondary N) is 3. The van der Waals surface area contributed by atoms with E-state index in [2.05, 4.69) is 20.9 Å². The van der Waals surface area contributed by atoms with Crippen LogP contribution in [0.3, 0.4) is 0 Å². The van der Waals surface area contributed by atoms with Gasteiger partial charge in [0, 0.05) is 56.2 Å². The van der Waals surface area contributed by atoms with Crippen molar-refractivity contribution >= 4 is 35.3 Å². The number of rotatable bonds is 7. The minimum Gasteiger partial charge on any atom is -0.342 e. The van der Waals surface area contributed by atoms with Gasteiger partial charge in [0.25, 0.3) is 0 Å². The molecule has 11 heteroatoms. The molecule has 4 heterocycles. The van der Waals surface area contributed by atoms with Crippen LogP contribution in [0.4, 0.5) is 21.0 Å². The molecule has 0 bridgehead atoms. The fraction of sp³-hybridized carbons (Fsp3) is 0.529. The van der Waals surface area contributed by atoms with E-state index in [1.165, 1.54) is 19.3 Å². The lowest BCUT2D eigenvalue weighted by Gasteiger charge is -2.41. The van der Waals surface area contributed by atoms with Crippen LogP contribution in [-0.4, -0.2) is 101 Å². The van der Waals surface area contributed by atoms with Crippen LogP contribution in [0, 0.1) is 0 Å². The Kier molecular flexibility index (Phi) is 9.83. The lowest BCUT2D eigenvalue weighted by molar-refractivity contribution is -0.140. The summed E-state index contributed by atoms with van der Waals surface area (Å²) in [5, 5.41) is 8.60. The number of hydrogen-bond donors (Lipinski definition) is 3. The van der Waals surface area contributed by atoms with Crippen molar-refractivity contribution in [2.75, 3.05) is 49.9 Å². The number of likely N-dealkylation sites (tertiary alicyclic amines) is 3. The van der Waals surface area contributed by atoms with Gasteiger partial charge in [0.05, 0.1) is 6.42 Å². The molecule has 4 aliphatic heterocycles. The molecule has 4 aliphatic rings. The van der Waals surface area contributed by atoms with Gasteiger partial charge in [-0.3, -0.25) is 9.59 Å². The summed E-state index contributed by atoms with van der Waals surface area (Å²) >= 11 is 0. The molecule has 6 rings (SSSR count). The number of nitrogens with zero attached hydrogens (tertiary/aromatic N) is 4. The second-order valence-electron chi connectivity index (χ2n) is 12.7. The monoisotopic (exact) mass is 615 g/mol. The number of hydrogen-bond acceptors (Lipinski definition) is 5. The smallest absolute Gasteiger partial charge is 0.322 e. The Balaban J connectivity index is 1.06. The minimum atomic E-state index is -0.963. The Labute approximate surface area is 265 Å². The molecule has 0 unspecified atom stereocenters. The van der Waals surface area contributed by atoms with Crippen LogP contribution in [-0.2, 0) is 16.1 Å². The van der Waals surface area contributed by atoms with Gasteiger partial charge in [-0.2, -0.15) is 0 Å². The van der Waals surface area contributed by atoms with E-state index in [-0.39, 0.29) is 30.3 Å². The van der Waals surface area contributed by atoms with E-state index < -0.39 is 12.1 Å². The van der Waals surface area contributed by atoms with Crippen molar-refractivity contribution < 1.29 is 19.2 Å². The van der Waals surface area contributed by atoms with E-state index in [9.17, 15) is 19.2 Å². The number of para-hydroxylation sites is 2. The van der Waals surface area contributed by atoms with Crippen molar-refractivity contribution in [2.24, 2.45) is 0 Å². The van der Waals surface area contributed by atoms with Crippen LogP contribution in [0.5, 0.6) is 0 Å². The van der Waals surface area contributed by atoms with E-state index in [0.29, 0.717) is 57.3 Å². The molecule has 3 N–H and O–H groups in total. The standard InChI is InChI=1S/C34H45N7O4/c42-31(39-19-15-28(16-20-39)41-24-25-9-5-6-12-29(25)37-34(41)45)23-30(36-33(44)35-26-10-3-1-4-11-26)32(43)40-21-13-27(14-22-40)38-17-7-2-8-18-38/h1,3-6,9-12,27-28,30H,2,7-8,13-24H2,(H,37,45)(H2,35,36,44)/t30-/m0/s1. The van der Waals surface area contributed by atoms with Crippen LogP contribution >= 0.6 is 0 Å². The summed E-state index contributed by atoms with van der Waals surface area (Å²) in [4.78, 5) is 61.3. The number of carbonyl (C=O) groups is 4. The SMILES string of the molecule is O=C(Nc1ccccc1)N[C@@H](CC(=O)N1CCC(N2Cc3ccccc3NC2=O)CC1)C(=O)N1CCC(N2CCCCC2)CC1. The number of benzene rings is 2. The third kappa shape index (κ3) is 7.58. The van der Waals surface area contributed by atoms with Crippen LogP contribution in [0.15, 0.2) is 54.6 Å². The van der Waals surface area contributed by atoms with Crippen molar-refractivity contribution in [3.63, 3.8) is 0 Å². The number of amides is 6. The molecular weight excluding hydrogens is 570 g/mol. The van der Waals surface area contributed by atoms with E-state index in [1.54, 1.807) is 17.0 Å². The van der Waals surface area contributed by atoms with E-state index in [4.69, 9.17) is 0 Å². The molecule has 1 atom stereocenters. The molecule has 3 fully saturated rings. The highest BCUT2D eigenvalue weighted by Crippen LogP contribution is 2.28. The molecule has 6 amide bonds. The summed E-state index contributed by atoms with van der Waals surface area (Å²) in [6, 6.07) is 15.8. The summed E-state index contributed by atoms with van der Waals surface area (Å²) in [6.07, 6.45) is 6.79. The van der Waals surface area contributed by atoms with Crippen LogP contribution < -0.4 is 16.0 Å². The Hall–Kier alpha value is -4.12. The van der Waals surface area contributed by atoms with Crippen LogP contribution in [0.1, 0.15) is 56.9 Å². The molecule has 0 aromatic heterocycles. The topological polar surface area (TPSA) is 117 Å². The highest BCUT2D eigenvalue weighted by Gasteiger charge is 2.36. The predicted molar refractivity (Wildman–Crippen MR) is 173 cm³/mol. The maximum Gasteiger partial charge on any atom is 0.322 e. The lowest BCUT2D eigenvalue weighted by atomic mass is 9.98. The average molecular weight is 616 g/mol. The first-order valence-corrected chi connectivity index (χ1v) is 16.5. The molecule has 2 aromatic carbocycles. The maximum absolute atomic E-state index is 13.8. The normalized spacial score (nSPS) is 20.6. The largest absolute Gasteiger partial charge is 0.342 e. The fourth-order valence-electron chi connectivity index (χ4n) is 7.25. The Bertz CT molecular complexity index is 1350. The fourth-order valence-corrected chi connectivity index (χ4v) is 7.25. The molecule has 0 saturated carbocycles. The number of fused-ring (bicyclic) bond motifs is 1. The Morgan fingerprint density at radius 3 is 2.16 bits per heavy atom. The third-order valence-corrected chi connectivity index (χ3v) is 9.82. The first-order chi connectivity index (χ1) is 21.9. The summed E-state index contributed by atoms with van der Waals surface area (Å²) in [5.41, 5.74) is 2.54. The van der Waals surface area contributed by atoms with Gasteiger partial charge in [0.1, 0.15) is 6.04 Å². The highest BCUT2D eigenvalue weighted by molar-refractivity contribution is 5.96. The molecule has 0 aliphatic carbocycles. The molecule has 240 valence electrons. The molecule has 2 aromatic rings. The minimum absolute atomic E-state index is 0.0239. The molecule has 3 saturated heterocycles. The zero-order chi connectivity index (χ0) is 31.2. The zero-order valence-electron chi connectivity index (χ0n) is 26.0. The number of carbonyl (C=O) groups excluding carboxylic acids is 4. The maximum atomic E-state index is 13.8. The van der Waals surface area contributed by atoms with Gasteiger partial charge >= 0.3 is 12.1 Å². The molecule has 11 nitrogen and oxygen atoms in total. The van der Waals surface area contributed by atoms with Crippen molar-refractivity contribution in [2.45, 2.75) is 76.0 Å². The van der Waals surface area contributed by atoms with E-state index >= 15 is 0 Å². The van der Waals surface area contributed by atoms with Crippen LogP contribution in [0.2, 0.25) is 0 Å². The summed E-state index contributed by atoms with van der Waals surface area (Å²) < 4.78 is 0. The van der Waals surface area contributed by atoms with Gasteiger partial charge in [0.15, 0.2) is 0 Å². The van der Waals surface area contributed by atoms with Gasteiger partial charge in [-0.05, 0) is 75.4 Å². The average Bonchev–Trinajstić information content (AvgIpc) is 3.08. The quantitative estimate of drug-likeness (QED) is 0.434. The second-order valence-corrected chi connectivity index (χ2v) is 12.7. The first-order valence-electron chi connectivity index (χ1n) is 16.5. The Morgan fingerprint density at radius 1 is 0.778 bits per heavy atom. The van der Waals surface area contributed by atoms with Crippen molar-refractivity contribution in [3.8, 4) is 0 Å². The summed E-state index contributed by atoms with van der Waals surface area (Å²) in [6.45, 7) is 5.04. The van der Waals surface area contributed by atoms with Gasteiger partial charge in [-0.15, -0.1) is 0 Å². The number of piperidine rings is 3. The van der Waals surface area contributed by atoms with Gasteiger partial charge < -0.3 is 35.6 Å². The number of anilines is 2. The van der Waals surface area contributed by atoms with Crippen LogP contribution in [0.25, 0.3) is 0 Å². The first kappa shape index (κ1) is 30.9. The molecule has 45 heavy (non-hydrogen) atoms. The van der Waals surface area contributed by atoms with Gasteiger partial charge in [-0.25, -0.2) is 9.59 Å². The molecule has 0 radical (unpaired) electrons. The number of urea groups is 2. The zero-order valence-corrected chi connectivity index (χ0v) is 26.0. The van der Waals surface area contributed by atoms with Crippen molar-refractivity contribution in [1.82, 2.24) is 24.9 Å².